The van der Waals surface area contributed by atoms with E-state index in [4.69, 9.17) is 19.4 Å². The Labute approximate surface area is 200 Å². The smallest absolute Gasteiger partial charge is 0.278 e. The topological polar surface area (TPSA) is 108 Å². The van der Waals surface area contributed by atoms with Crippen LogP contribution in [-0.2, 0) is 17.7 Å². The van der Waals surface area contributed by atoms with Crippen LogP contribution in [0.1, 0.15) is 30.0 Å². The third kappa shape index (κ3) is 3.75. The SMILES string of the molecule is O=c1c2cnc(Nc3ccc4c(c3)CCNC4)nc2n(-c2cccc(OC3COC3)n2)n1C1CC1. The molecule has 1 saturated carbocycles. The van der Waals surface area contributed by atoms with Crippen molar-refractivity contribution >= 4 is 22.7 Å². The molecule has 4 aromatic rings. The summed E-state index contributed by atoms with van der Waals surface area (Å²) in [6.07, 6.45) is 4.51. The van der Waals surface area contributed by atoms with Gasteiger partial charge in [0.05, 0.1) is 19.3 Å². The minimum Gasteiger partial charge on any atom is -0.469 e. The van der Waals surface area contributed by atoms with E-state index in [1.165, 1.54) is 11.1 Å². The van der Waals surface area contributed by atoms with E-state index in [-0.39, 0.29) is 17.7 Å². The number of anilines is 2. The van der Waals surface area contributed by atoms with Crippen LogP contribution in [0.4, 0.5) is 11.6 Å². The van der Waals surface area contributed by atoms with Crippen LogP contribution in [0, 0.1) is 0 Å². The predicted octanol–water partition coefficient (Wildman–Crippen LogP) is 2.48. The molecule has 1 aromatic carbocycles. The summed E-state index contributed by atoms with van der Waals surface area (Å²) in [6.45, 7) is 2.99. The molecule has 35 heavy (non-hydrogen) atoms. The van der Waals surface area contributed by atoms with Gasteiger partial charge in [0.15, 0.2) is 11.5 Å². The van der Waals surface area contributed by atoms with Crippen molar-refractivity contribution in [2.45, 2.75) is 38.0 Å². The monoisotopic (exact) mass is 471 g/mol. The number of rotatable bonds is 6. The van der Waals surface area contributed by atoms with E-state index in [1.807, 2.05) is 28.9 Å². The van der Waals surface area contributed by atoms with Crippen LogP contribution in [-0.4, -0.2) is 50.2 Å². The number of nitrogens with one attached hydrogen (secondary N) is 2. The van der Waals surface area contributed by atoms with Crippen molar-refractivity contribution in [3.8, 4) is 11.7 Å². The van der Waals surface area contributed by atoms with E-state index < -0.39 is 0 Å². The third-order valence-electron chi connectivity index (χ3n) is 6.69. The van der Waals surface area contributed by atoms with Crippen molar-refractivity contribution in [2.75, 3.05) is 25.1 Å². The molecule has 2 fully saturated rings. The summed E-state index contributed by atoms with van der Waals surface area (Å²) in [5.41, 5.74) is 3.99. The van der Waals surface area contributed by atoms with E-state index in [0.717, 1.165) is 38.0 Å². The zero-order chi connectivity index (χ0) is 23.4. The number of ether oxygens (including phenoxy) is 2. The largest absolute Gasteiger partial charge is 0.469 e. The summed E-state index contributed by atoms with van der Waals surface area (Å²) >= 11 is 0. The highest BCUT2D eigenvalue weighted by Gasteiger charge is 2.31. The molecule has 10 heteroatoms. The van der Waals surface area contributed by atoms with Gasteiger partial charge in [-0.05, 0) is 55.1 Å². The second-order valence-corrected chi connectivity index (χ2v) is 9.27. The van der Waals surface area contributed by atoms with Gasteiger partial charge in [0, 0.05) is 24.5 Å². The Morgan fingerprint density at radius 3 is 2.86 bits per heavy atom. The number of pyridine rings is 1. The number of nitrogens with zero attached hydrogens (tertiary/aromatic N) is 5. The minimum atomic E-state index is -0.101. The Kier molecular flexibility index (Phi) is 4.81. The van der Waals surface area contributed by atoms with Gasteiger partial charge in [-0.15, -0.1) is 0 Å². The van der Waals surface area contributed by atoms with Gasteiger partial charge >= 0.3 is 0 Å². The lowest BCUT2D eigenvalue weighted by molar-refractivity contribution is -0.0813. The maximum Gasteiger partial charge on any atom is 0.278 e. The van der Waals surface area contributed by atoms with Crippen LogP contribution in [0.5, 0.6) is 5.88 Å². The number of hydrogen-bond acceptors (Lipinski definition) is 8. The summed E-state index contributed by atoms with van der Waals surface area (Å²) in [7, 11) is 0. The molecule has 7 rings (SSSR count). The van der Waals surface area contributed by atoms with Crippen LogP contribution >= 0.6 is 0 Å². The molecule has 5 heterocycles. The Balaban J connectivity index is 1.29. The average molecular weight is 472 g/mol. The highest BCUT2D eigenvalue weighted by atomic mass is 16.6. The number of hydrogen-bond donors (Lipinski definition) is 2. The second-order valence-electron chi connectivity index (χ2n) is 9.27. The zero-order valence-electron chi connectivity index (χ0n) is 19.1. The molecule has 0 radical (unpaired) electrons. The molecule has 0 atom stereocenters. The average Bonchev–Trinajstić information content (AvgIpc) is 3.65. The van der Waals surface area contributed by atoms with Crippen molar-refractivity contribution in [2.24, 2.45) is 0 Å². The van der Waals surface area contributed by atoms with Crippen LogP contribution in [0.2, 0.25) is 0 Å². The van der Waals surface area contributed by atoms with Crippen molar-refractivity contribution in [1.82, 2.24) is 29.6 Å². The first-order valence-corrected chi connectivity index (χ1v) is 12.0. The lowest BCUT2D eigenvalue weighted by Gasteiger charge is -2.26. The quantitative estimate of drug-likeness (QED) is 0.442. The van der Waals surface area contributed by atoms with Gasteiger partial charge in [-0.25, -0.2) is 14.3 Å². The van der Waals surface area contributed by atoms with Crippen LogP contribution in [0.3, 0.4) is 0 Å². The van der Waals surface area contributed by atoms with Gasteiger partial charge in [0.25, 0.3) is 5.56 Å². The molecule has 10 nitrogen and oxygen atoms in total. The number of aromatic nitrogens is 5. The molecule has 0 unspecified atom stereocenters. The first kappa shape index (κ1) is 20.6. The highest BCUT2D eigenvalue weighted by molar-refractivity contribution is 5.77. The summed E-state index contributed by atoms with van der Waals surface area (Å²) in [6, 6.07) is 12.0. The maximum atomic E-state index is 13.3. The fourth-order valence-electron chi connectivity index (χ4n) is 4.65. The summed E-state index contributed by atoms with van der Waals surface area (Å²) in [4.78, 5) is 27.2. The fraction of sp³-hybridized carbons (Fsp3) is 0.360. The third-order valence-corrected chi connectivity index (χ3v) is 6.69. The maximum absolute atomic E-state index is 13.3. The van der Waals surface area contributed by atoms with Gasteiger partial charge in [-0.1, -0.05) is 12.1 Å². The van der Waals surface area contributed by atoms with Gasteiger partial charge in [0.1, 0.15) is 11.5 Å². The van der Waals surface area contributed by atoms with Gasteiger partial charge in [-0.3, -0.25) is 4.79 Å². The van der Waals surface area contributed by atoms with E-state index >= 15 is 0 Å². The summed E-state index contributed by atoms with van der Waals surface area (Å²) in [5.74, 6) is 1.53. The predicted molar refractivity (Wildman–Crippen MR) is 130 cm³/mol. The fourth-order valence-corrected chi connectivity index (χ4v) is 4.65. The summed E-state index contributed by atoms with van der Waals surface area (Å²) < 4.78 is 14.7. The Morgan fingerprint density at radius 1 is 1.11 bits per heavy atom. The van der Waals surface area contributed by atoms with Crippen molar-refractivity contribution < 1.29 is 9.47 Å². The number of fused-ring (bicyclic) bond motifs is 2. The van der Waals surface area contributed by atoms with Gasteiger partial charge in [-0.2, -0.15) is 9.97 Å². The van der Waals surface area contributed by atoms with E-state index in [1.54, 1.807) is 10.9 Å². The molecule has 2 N–H and O–H groups in total. The molecule has 3 aromatic heterocycles. The Bertz CT molecular complexity index is 1490. The van der Waals surface area contributed by atoms with Crippen LogP contribution in [0.15, 0.2) is 47.4 Å². The normalized spacial score (nSPS) is 17.7. The lowest BCUT2D eigenvalue weighted by Crippen LogP contribution is -2.38. The number of benzene rings is 1. The van der Waals surface area contributed by atoms with Crippen molar-refractivity contribution in [1.29, 1.82) is 0 Å². The first-order valence-electron chi connectivity index (χ1n) is 12.0. The minimum absolute atomic E-state index is 0.00954. The van der Waals surface area contributed by atoms with Crippen molar-refractivity contribution in [3.63, 3.8) is 0 Å². The first-order chi connectivity index (χ1) is 17.2. The van der Waals surface area contributed by atoms with Crippen LogP contribution in [0.25, 0.3) is 16.9 Å². The second kappa shape index (κ2) is 8.17. The summed E-state index contributed by atoms with van der Waals surface area (Å²) in [5, 5.41) is 7.19. The molecule has 178 valence electrons. The standard InChI is InChI=1S/C25H25N7O3/c33-24-20-12-27-25(28-17-5-4-16-11-26-9-8-15(16)10-17)30-23(20)32(31(24)18-6-7-18)21-2-1-3-22(29-21)35-19-13-34-14-19/h1-5,10,12,18-19,26H,6-9,11,13-14H2,(H,27,28,30). The Hall–Kier alpha value is -3.76. The molecule has 0 spiro atoms. The molecule has 1 aliphatic carbocycles. The Morgan fingerprint density at radius 2 is 2.03 bits per heavy atom. The van der Waals surface area contributed by atoms with E-state index in [2.05, 4.69) is 27.8 Å². The molecular weight excluding hydrogens is 446 g/mol. The molecular formula is C25H25N7O3. The zero-order valence-corrected chi connectivity index (χ0v) is 19.1. The van der Waals surface area contributed by atoms with E-state index in [9.17, 15) is 4.79 Å². The van der Waals surface area contributed by atoms with Crippen molar-refractivity contribution in [3.05, 3.63) is 64.1 Å². The molecule has 0 bridgehead atoms. The highest BCUT2D eigenvalue weighted by Crippen LogP contribution is 2.35. The lowest BCUT2D eigenvalue weighted by atomic mass is 10.0. The molecule has 3 aliphatic rings. The molecule has 1 saturated heterocycles. The van der Waals surface area contributed by atoms with Gasteiger partial charge in [0.2, 0.25) is 11.8 Å². The molecule has 0 amide bonds. The molecule has 2 aliphatic heterocycles. The van der Waals surface area contributed by atoms with Crippen LogP contribution < -0.4 is 20.9 Å². The van der Waals surface area contributed by atoms with E-state index in [0.29, 0.717) is 41.9 Å². The van der Waals surface area contributed by atoms with Gasteiger partial charge < -0.3 is 20.1 Å².